The summed E-state index contributed by atoms with van der Waals surface area (Å²) in [5, 5.41) is 30.6. The zero-order valence-electron chi connectivity index (χ0n) is 46.0. The first kappa shape index (κ1) is 51.2. The van der Waals surface area contributed by atoms with Crippen LogP contribution in [0.25, 0.3) is 89.7 Å². The third-order valence-corrected chi connectivity index (χ3v) is 22.0. The first-order valence-electron chi connectivity index (χ1n) is 26.4. The summed E-state index contributed by atoms with van der Waals surface area (Å²) < 4.78 is 32.9. The van der Waals surface area contributed by atoms with Crippen LogP contribution in [0, 0.1) is 55.4 Å². The van der Waals surface area contributed by atoms with Gasteiger partial charge >= 0.3 is 462 Å². The second-order valence-corrected chi connectivity index (χ2v) is 27.7. The molecule has 13 rings (SSSR count). The molecule has 8 aromatic carbocycles. The number of aliphatic hydroxyl groups excluding tert-OH is 2. The van der Waals surface area contributed by atoms with E-state index in [1.54, 1.807) is 12.1 Å². The molecule has 2 aliphatic heterocycles. The van der Waals surface area contributed by atoms with Crippen LogP contribution >= 0.6 is 0 Å². The molecule has 0 amide bonds. The van der Waals surface area contributed by atoms with E-state index in [0.29, 0.717) is 95.7 Å². The molecule has 11 aromatic rings. The van der Waals surface area contributed by atoms with Crippen molar-refractivity contribution in [3.63, 3.8) is 0 Å². The molecule has 2 aliphatic rings. The molecule has 5 heterocycles. The Morgan fingerprint density at radius 1 is 0.321 bits per heavy atom. The molecule has 15 heteroatoms. The summed E-state index contributed by atoms with van der Waals surface area (Å²) >= 11 is 0. The molecular weight excluding hydrogens is 1060 g/mol. The van der Waals surface area contributed by atoms with Crippen LogP contribution in [-0.2, 0) is 11.0 Å². The van der Waals surface area contributed by atoms with Crippen molar-refractivity contribution in [2.24, 2.45) is 0 Å². The van der Waals surface area contributed by atoms with E-state index in [9.17, 15) is 10.2 Å². The first-order chi connectivity index (χ1) is 39.1. The molecular formula is C66H59CuN8O6. The molecule has 8 bridgehead atoms. The number of nitrogens with zero attached hydrogens (tertiary/aromatic N) is 6. The van der Waals surface area contributed by atoms with Crippen LogP contribution in [0.3, 0.4) is 0 Å². The fraction of sp³-hybridized carbons (Fsp3) is 0.152. The van der Waals surface area contributed by atoms with E-state index in [2.05, 4.69) is 9.97 Å². The predicted octanol–water partition coefficient (Wildman–Crippen LogP) is 13.6. The normalized spacial score (nSPS) is 13.4. The van der Waals surface area contributed by atoms with E-state index >= 15 is 0 Å². The molecule has 0 aliphatic carbocycles. The maximum atomic E-state index is 14.1. The van der Waals surface area contributed by atoms with Crippen molar-refractivity contribution in [2.75, 3.05) is 11.0 Å². The first-order valence-corrected chi connectivity index (χ1v) is 29.7. The Labute approximate surface area is 465 Å². The number of rotatable bonds is 11. The summed E-state index contributed by atoms with van der Waals surface area (Å²) in [6.07, 6.45) is 0. The zero-order chi connectivity index (χ0) is 56.1. The Balaban J connectivity index is 1.33. The number of hydrogen-bond donors (Lipinski definition) is 4. The number of nitrogens with one attached hydrogen (secondary N) is 2. The minimum atomic E-state index is -7.97. The van der Waals surface area contributed by atoms with Crippen LogP contribution in [0.1, 0.15) is 44.5 Å². The molecule has 0 radical (unpaired) electrons. The quantitative estimate of drug-likeness (QED) is 0.0900. The van der Waals surface area contributed by atoms with Crippen molar-refractivity contribution in [2.45, 2.75) is 55.4 Å². The number of aromatic amines is 2. The van der Waals surface area contributed by atoms with Crippen LogP contribution in [0.4, 0.5) is 0 Å². The van der Waals surface area contributed by atoms with Gasteiger partial charge in [0.05, 0.1) is 0 Å². The Morgan fingerprint density at radius 3 is 0.926 bits per heavy atom. The number of aromatic nitrogens is 8. The molecule has 410 valence electrons. The number of hydrogen-bond acceptors (Lipinski definition) is 12. The van der Waals surface area contributed by atoms with Crippen molar-refractivity contribution in [3.05, 3.63) is 208 Å². The zero-order valence-corrected chi connectivity index (χ0v) is 47.0. The van der Waals surface area contributed by atoms with Crippen molar-refractivity contribution in [1.29, 1.82) is 0 Å². The Hall–Kier alpha value is -9.24. The topological polar surface area (TPSA) is 186 Å². The van der Waals surface area contributed by atoms with Crippen molar-refractivity contribution >= 4 is 48.6 Å². The van der Waals surface area contributed by atoms with Gasteiger partial charge in [-0.1, -0.05) is 6.07 Å². The summed E-state index contributed by atoms with van der Waals surface area (Å²) in [7, 11) is -7.97. The summed E-state index contributed by atoms with van der Waals surface area (Å²) in [6, 6.07) is 51.8. The van der Waals surface area contributed by atoms with Gasteiger partial charge in [-0.05, 0) is 0 Å². The van der Waals surface area contributed by atoms with Gasteiger partial charge in [0, 0.05) is 0 Å². The monoisotopic (exact) mass is 1120 g/mol. The Kier molecular flexibility index (Phi) is 11.1. The predicted molar refractivity (Wildman–Crippen MR) is 316 cm³/mol. The molecule has 0 atom stereocenters. The van der Waals surface area contributed by atoms with E-state index in [1.807, 2.05) is 207 Å². The molecule has 0 saturated heterocycles. The molecule has 3 aromatic heterocycles. The van der Waals surface area contributed by atoms with Gasteiger partial charge in [-0.15, -0.1) is 0 Å². The molecule has 0 fully saturated rings. The Morgan fingerprint density at radius 2 is 0.593 bits per heavy atom. The van der Waals surface area contributed by atoms with E-state index in [4.69, 9.17) is 45.2 Å². The third-order valence-electron chi connectivity index (χ3n) is 15.2. The van der Waals surface area contributed by atoms with Gasteiger partial charge in [-0.25, -0.2) is 0 Å². The van der Waals surface area contributed by atoms with Crippen molar-refractivity contribution < 1.29 is 36.5 Å². The van der Waals surface area contributed by atoms with Gasteiger partial charge in [-0.3, -0.25) is 0 Å². The minimum absolute atomic E-state index is 0.0327. The number of aryl methyl sites for hydroxylation is 8. The van der Waals surface area contributed by atoms with E-state index in [0.717, 1.165) is 27.5 Å². The summed E-state index contributed by atoms with van der Waals surface area (Å²) in [6.45, 7) is 15.2. The third kappa shape index (κ3) is 7.32. The molecule has 4 N–H and O–H groups in total. The van der Waals surface area contributed by atoms with Crippen LogP contribution in [0.5, 0.6) is 23.0 Å². The molecule has 0 unspecified atom stereocenters. The van der Waals surface area contributed by atoms with Gasteiger partial charge in [0.2, 0.25) is 0 Å². The number of para-hydroxylation sites is 4. The number of H-pyrrole nitrogens is 2. The fourth-order valence-electron chi connectivity index (χ4n) is 10.9. The van der Waals surface area contributed by atoms with E-state index in [1.165, 1.54) is 0 Å². The fourth-order valence-corrected chi connectivity index (χ4v) is 17.6. The summed E-state index contributed by atoms with van der Waals surface area (Å²) in [4.78, 5) is 39.0. The van der Waals surface area contributed by atoms with Crippen LogP contribution in [0.2, 0.25) is 0 Å². The average Bonchev–Trinajstić information content (AvgIpc) is 2.87. The Bertz CT molecular complexity index is 4370. The summed E-state index contributed by atoms with van der Waals surface area (Å²) in [5.41, 5.74) is 6.98. The number of aliphatic hydroxyl groups is 2. The van der Waals surface area contributed by atoms with Gasteiger partial charge in [0.1, 0.15) is 0 Å². The van der Waals surface area contributed by atoms with Crippen LogP contribution < -0.4 is 19.7 Å². The van der Waals surface area contributed by atoms with Crippen molar-refractivity contribution in [3.8, 4) is 68.5 Å². The molecule has 0 spiro atoms. The molecule has 0 saturated carbocycles. The van der Waals surface area contributed by atoms with Gasteiger partial charge in [0.15, 0.2) is 0 Å². The van der Waals surface area contributed by atoms with Crippen molar-refractivity contribution in [1.82, 2.24) is 39.9 Å². The SMILES string of the molecule is Cc1cccc(C)c1[O][Cu]([CH2]O)([CH2]O)([O]c1c(C)cccc1C)([O]c1c(C)cccc1C)([O]c1c(C)cccc1C)[c]1cccc2c3nc4nc(nc5[nH]c(nc6nc(nc([nH]3)c12)-c1ccccc1-6)c1ccccc51)-c1ccccc1-4. The van der Waals surface area contributed by atoms with Crippen LogP contribution in [-0.4, -0.2) is 61.1 Å². The standard InChI is InChI=1S/C32H17N8.4C8H10O.2CH3O.Cu/c1-2-10-18-17(9-1)25-33-26(18)38-28-21-13-5-6-14-22(21)30(35-28)40-32-24-16-8-7-15-23(24)31(36-32)39-29-20-12-4-3-11-19(20)27(34-29)37-25;4*1-6-4-3-5-7(2)8(6)9;2*1-2;/h1-15H,(H2,33,34,35,36,37,38,39,40);4*3-5,9H,1-2H3;2*2H,1H2;/q;;;;;;;+4/p-4. The second-order valence-electron chi connectivity index (χ2n) is 20.8. The average molecular weight is 1120 g/mol. The second kappa shape index (κ2) is 17.6. The van der Waals surface area contributed by atoms with E-state index in [-0.39, 0.29) is 38.5 Å². The maximum absolute atomic E-state index is 14.1. The molecule has 81 heavy (non-hydrogen) atoms. The number of fused-ring (bicyclic) bond motifs is 20. The van der Waals surface area contributed by atoms with Gasteiger partial charge in [0.25, 0.3) is 0 Å². The van der Waals surface area contributed by atoms with E-state index < -0.39 is 22.0 Å². The number of benzene rings is 8. The van der Waals surface area contributed by atoms with Crippen LogP contribution in [0.15, 0.2) is 164 Å². The summed E-state index contributed by atoms with van der Waals surface area (Å²) in [5.74, 6) is 2.39. The van der Waals surface area contributed by atoms with Gasteiger partial charge in [-0.2, -0.15) is 0 Å². The molecule has 14 nitrogen and oxygen atoms in total. The van der Waals surface area contributed by atoms with Gasteiger partial charge < -0.3 is 0 Å².